The third-order valence-corrected chi connectivity index (χ3v) is 4.05. The van der Waals surface area contributed by atoms with Gasteiger partial charge in [-0.3, -0.25) is 4.79 Å². The van der Waals surface area contributed by atoms with E-state index in [0.29, 0.717) is 34.1 Å². The fourth-order valence-corrected chi connectivity index (χ4v) is 2.58. The first-order chi connectivity index (χ1) is 13.4. The Morgan fingerprint density at radius 2 is 1.71 bits per heavy atom. The Hall–Kier alpha value is -3.50. The summed E-state index contributed by atoms with van der Waals surface area (Å²) in [7, 11) is 4.62. The summed E-state index contributed by atoms with van der Waals surface area (Å²) in [6, 6.07) is 12.0. The zero-order valence-corrected chi connectivity index (χ0v) is 16.3. The summed E-state index contributed by atoms with van der Waals surface area (Å²) < 4.78 is 16.0. The smallest absolute Gasteiger partial charge is 0.241 e. The van der Waals surface area contributed by atoms with Crippen LogP contribution in [0.4, 0.5) is 5.69 Å². The number of nitrogens with zero attached hydrogens (tertiary/aromatic N) is 1. The minimum atomic E-state index is -0.676. The van der Waals surface area contributed by atoms with Gasteiger partial charge in [0.05, 0.1) is 39.1 Å². The Morgan fingerprint density at radius 3 is 2.21 bits per heavy atom. The molecule has 0 saturated carbocycles. The Bertz CT molecular complexity index is 907. The van der Waals surface area contributed by atoms with E-state index in [1.807, 2.05) is 0 Å². The molecular formula is C21H23N3O4. The first-order valence-corrected chi connectivity index (χ1v) is 8.51. The van der Waals surface area contributed by atoms with Crippen molar-refractivity contribution in [2.24, 2.45) is 5.73 Å². The molecule has 1 amide bonds. The average Bonchev–Trinajstić information content (AvgIpc) is 2.71. The predicted molar refractivity (Wildman–Crippen MR) is 108 cm³/mol. The molecule has 2 rings (SSSR count). The van der Waals surface area contributed by atoms with Crippen LogP contribution >= 0.6 is 0 Å². The molecule has 3 N–H and O–H groups in total. The highest BCUT2D eigenvalue weighted by atomic mass is 16.5. The lowest BCUT2D eigenvalue weighted by molar-refractivity contribution is -0.117. The average molecular weight is 381 g/mol. The molecule has 0 radical (unpaired) electrons. The van der Waals surface area contributed by atoms with Crippen molar-refractivity contribution in [3.63, 3.8) is 0 Å². The molecule has 0 aliphatic heterocycles. The van der Waals surface area contributed by atoms with Gasteiger partial charge in [0.25, 0.3) is 0 Å². The van der Waals surface area contributed by atoms with Crippen LogP contribution in [-0.4, -0.2) is 33.3 Å². The second kappa shape index (κ2) is 9.44. The molecule has 28 heavy (non-hydrogen) atoms. The number of nitrogens with one attached hydrogen (secondary N) is 1. The highest BCUT2D eigenvalue weighted by molar-refractivity contribution is 5.96. The predicted octanol–water partition coefficient (Wildman–Crippen LogP) is 2.95. The number of hydrogen-bond acceptors (Lipinski definition) is 6. The number of rotatable bonds is 7. The van der Waals surface area contributed by atoms with Crippen molar-refractivity contribution in [1.82, 2.24) is 0 Å². The lowest BCUT2D eigenvalue weighted by Gasteiger charge is -2.16. The molecule has 1 atom stereocenters. The minimum Gasteiger partial charge on any atom is -0.497 e. The van der Waals surface area contributed by atoms with Crippen molar-refractivity contribution in [3.8, 4) is 23.3 Å². The molecule has 0 aliphatic carbocycles. The van der Waals surface area contributed by atoms with Gasteiger partial charge in [-0.05, 0) is 47.9 Å². The number of ether oxygens (including phenoxy) is 3. The summed E-state index contributed by atoms with van der Waals surface area (Å²) in [6.45, 7) is 1.59. The van der Waals surface area contributed by atoms with E-state index in [-0.39, 0.29) is 5.91 Å². The van der Waals surface area contributed by atoms with Gasteiger partial charge in [-0.2, -0.15) is 5.26 Å². The Morgan fingerprint density at radius 1 is 1.07 bits per heavy atom. The van der Waals surface area contributed by atoms with Crippen molar-refractivity contribution in [1.29, 1.82) is 5.26 Å². The summed E-state index contributed by atoms with van der Waals surface area (Å²) in [6.07, 6.45) is 1.42. The molecular weight excluding hydrogens is 358 g/mol. The van der Waals surface area contributed by atoms with Gasteiger partial charge in [0.15, 0.2) is 0 Å². The number of benzene rings is 2. The molecule has 146 valence electrons. The third-order valence-electron chi connectivity index (χ3n) is 4.05. The number of methoxy groups -OCH3 is 3. The van der Waals surface area contributed by atoms with Crippen molar-refractivity contribution >= 4 is 17.2 Å². The second-order valence-electron chi connectivity index (χ2n) is 5.98. The molecule has 0 unspecified atom stereocenters. The lowest BCUT2D eigenvalue weighted by atomic mass is 9.96. The molecule has 0 spiro atoms. The standard InChI is InChI=1S/C21H23N3O4/c1-13(23)21(25)24-19-11-14(5-6-20(19)28-4)18(7-8-22)15-9-16(26-2)12-17(10-15)27-3/h5-7,9-13H,23H2,1-4H3,(H,24,25)/b18-7+/t13-/m1/s1. The fraction of sp³-hybridized carbons (Fsp3) is 0.238. The number of nitriles is 1. The summed E-state index contributed by atoms with van der Waals surface area (Å²) in [4.78, 5) is 12.0. The molecule has 7 heteroatoms. The molecule has 2 aromatic carbocycles. The monoisotopic (exact) mass is 381 g/mol. The van der Waals surface area contributed by atoms with Crippen LogP contribution in [-0.2, 0) is 4.79 Å². The van der Waals surface area contributed by atoms with Crippen LogP contribution < -0.4 is 25.3 Å². The number of anilines is 1. The van der Waals surface area contributed by atoms with E-state index < -0.39 is 6.04 Å². The Kier molecular flexibility index (Phi) is 7.02. The van der Waals surface area contributed by atoms with Gasteiger partial charge >= 0.3 is 0 Å². The Labute approximate surface area is 164 Å². The first kappa shape index (κ1) is 20.8. The molecule has 0 aliphatic rings. The maximum atomic E-state index is 12.0. The maximum absolute atomic E-state index is 12.0. The normalized spacial score (nSPS) is 11.9. The largest absolute Gasteiger partial charge is 0.497 e. The number of allylic oxidation sites excluding steroid dienone is 1. The minimum absolute atomic E-state index is 0.343. The second-order valence-corrected chi connectivity index (χ2v) is 5.98. The van der Waals surface area contributed by atoms with Crippen LogP contribution in [0.5, 0.6) is 17.2 Å². The van der Waals surface area contributed by atoms with E-state index in [0.717, 1.165) is 5.56 Å². The van der Waals surface area contributed by atoms with Gasteiger partial charge in [0.2, 0.25) is 5.91 Å². The molecule has 0 aromatic heterocycles. The lowest BCUT2D eigenvalue weighted by Crippen LogP contribution is -2.32. The van der Waals surface area contributed by atoms with Crippen molar-refractivity contribution in [3.05, 3.63) is 53.6 Å². The van der Waals surface area contributed by atoms with Crippen LogP contribution in [0.1, 0.15) is 18.1 Å². The number of nitrogens with two attached hydrogens (primary N) is 1. The third kappa shape index (κ3) is 4.81. The molecule has 0 saturated heterocycles. The van der Waals surface area contributed by atoms with Gasteiger partial charge in [-0.1, -0.05) is 6.07 Å². The van der Waals surface area contributed by atoms with E-state index in [1.165, 1.54) is 13.2 Å². The van der Waals surface area contributed by atoms with Gasteiger partial charge < -0.3 is 25.3 Å². The summed E-state index contributed by atoms with van der Waals surface area (Å²) >= 11 is 0. The summed E-state index contributed by atoms with van der Waals surface area (Å²) in [5, 5.41) is 12.0. The van der Waals surface area contributed by atoms with Crippen molar-refractivity contribution in [2.45, 2.75) is 13.0 Å². The quantitative estimate of drug-likeness (QED) is 0.714. The zero-order valence-electron chi connectivity index (χ0n) is 16.3. The van der Waals surface area contributed by atoms with E-state index in [1.54, 1.807) is 57.5 Å². The number of amides is 1. The zero-order chi connectivity index (χ0) is 20.7. The first-order valence-electron chi connectivity index (χ1n) is 8.51. The molecule has 7 nitrogen and oxygen atoms in total. The van der Waals surface area contributed by atoms with E-state index in [4.69, 9.17) is 19.9 Å². The Balaban J connectivity index is 2.57. The topological polar surface area (TPSA) is 107 Å². The van der Waals surface area contributed by atoms with Crippen LogP contribution in [0.15, 0.2) is 42.5 Å². The summed E-state index contributed by atoms with van der Waals surface area (Å²) in [5.74, 6) is 1.33. The SMILES string of the molecule is COc1cc(OC)cc(/C(=C/C#N)c2ccc(OC)c(NC(=O)[C@@H](C)N)c2)c1. The number of carbonyl (C=O) groups excluding carboxylic acids is 1. The van der Waals surface area contributed by atoms with Crippen LogP contribution in [0.25, 0.3) is 5.57 Å². The molecule has 0 heterocycles. The summed E-state index contributed by atoms with van der Waals surface area (Å²) in [5.41, 5.74) is 8.17. The van der Waals surface area contributed by atoms with Crippen LogP contribution in [0, 0.1) is 11.3 Å². The number of hydrogen-bond donors (Lipinski definition) is 2. The fourth-order valence-electron chi connectivity index (χ4n) is 2.58. The molecule has 0 fully saturated rings. The maximum Gasteiger partial charge on any atom is 0.241 e. The van der Waals surface area contributed by atoms with Crippen molar-refractivity contribution < 1.29 is 19.0 Å². The van der Waals surface area contributed by atoms with Crippen molar-refractivity contribution in [2.75, 3.05) is 26.6 Å². The molecule has 0 bridgehead atoms. The van der Waals surface area contributed by atoms with Gasteiger partial charge in [0, 0.05) is 12.1 Å². The van der Waals surface area contributed by atoms with Crippen LogP contribution in [0.2, 0.25) is 0 Å². The molecule has 2 aromatic rings. The van der Waals surface area contributed by atoms with E-state index >= 15 is 0 Å². The van der Waals surface area contributed by atoms with Gasteiger partial charge in [0.1, 0.15) is 17.2 Å². The highest BCUT2D eigenvalue weighted by Crippen LogP contribution is 2.34. The van der Waals surface area contributed by atoms with E-state index in [9.17, 15) is 10.1 Å². The van der Waals surface area contributed by atoms with Crippen LogP contribution in [0.3, 0.4) is 0 Å². The highest BCUT2D eigenvalue weighted by Gasteiger charge is 2.15. The van der Waals surface area contributed by atoms with Gasteiger partial charge in [-0.15, -0.1) is 0 Å². The van der Waals surface area contributed by atoms with Gasteiger partial charge in [-0.25, -0.2) is 0 Å². The van der Waals surface area contributed by atoms with E-state index in [2.05, 4.69) is 11.4 Å². The number of carbonyl (C=O) groups is 1.